The zero-order valence-electron chi connectivity index (χ0n) is 10.9. The first kappa shape index (κ1) is 17.7. The van der Waals surface area contributed by atoms with Crippen molar-refractivity contribution in [3.05, 3.63) is 0 Å². The zero-order valence-corrected chi connectivity index (χ0v) is 10.9. The summed E-state index contributed by atoms with van der Waals surface area (Å²) in [5.41, 5.74) is 0. The van der Waals surface area contributed by atoms with Crippen LogP contribution in [0.4, 0.5) is 13.2 Å². The van der Waals surface area contributed by atoms with Gasteiger partial charge in [0.15, 0.2) is 5.92 Å². The SMILES string of the molecule is CCC(C)NC(=O)CCNCC(C(=O)O)C(F)(F)F. The van der Waals surface area contributed by atoms with Gasteiger partial charge in [-0.3, -0.25) is 9.59 Å². The van der Waals surface area contributed by atoms with E-state index in [0.717, 1.165) is 6.42 Å². The molecule has 0 bridgehead atoms. The van der Waals surface area contributed by atoms with Crippen LogP contribution in [0, 0.1) is 5.92 Å². The molecule has 0 aromatic rings. The molecule has 0 saturated heterocycles. The molecule has 2 atom stereocenters. The lowest BCUT2D eigenvalue weighted by molar-refractivity contribution is -0.192. The lowest BCUT2D eigenvalue weighted by Crippen LogP contribution is -2.40. The minimum absolute atomic E-state index is 0.00211. The quantitative estimate of drug-likeness (QED) is 0.584. The Morgan fingerprint density at radius 3 is 2.32 bits per heavy atom. The maximum absolute atomic E-state index is 12.3. The highest BCUT2D eigenvalue weighted by molar-refractivity contribution is 5.76. The maximum Gasteiger partial charge on any atom is 0.403 e. The van der Waals surface area contributed by atoms with Crippen molar-refractivity contribution in [3.63, 3.8) is 0 Å². The highest BCUT2D eigenvalue weighted by Gasteiger charge is 2.44. The number of alkyl halides is 3. The molecule has 0 saturated carbocycles. The fourth-order valence-electron chi connectivity index (χ4n) is 1.24. The second-order valence-electron chi connectivity index (χ2n) is 4.26. The summed E-state index contributed by atoms with van der Waals surface area (Å²) in [6, 6.07) is 0.00874. The molecule has 0 aliphatic heterocycles. The average molecular weight is 284 g/mol. The standard InChI is InChI=1S/C11H19F3N2O3/c1-3-7(2)16-9(17)4-5-15-6-8(10(18)19)11(12,13)14/h7-8,15H,3-6H2,1-2H3,(H,16,17)(H,18,19). The van der Waals surface area contributed by atoms with Crippen LogP contribution in [0.1, 0.15) is 26.7 Å². The van der Waals surface area contributed by atoms with E-state index in [1.54, 1.807) is 0 Å². The van der Waals surface area contributed by atoms with Crippen LogP contribution in [-0.4, -0.2) is 42.3 Å². The van der Waals surface area contributed by atoms with Gasteiger partial charge in [0.25, 0.3) is 0 Å². The normalized spacial score (nSPS) is 14.8. The van der Waals surface area contributed by atoms with Crippen molar-refractivity contribution < 1.29 is 27.9 Å². The smallest absolute Gasteiger partial charge is 0.403 e. The lowest BCUT2D eigenvalue weighted by atomic mass is 10.1. The molecule has 0 fully saturated rings. The first-order valence-electron chi connectivity index (χ1n) is 5.98. The van der Waals surface area contributed by atoms with Crippen LogP contribution in [0.15, 0.2) is 0 Å². The molecule has 0 heterocycles. The van der Waals surface area contributed by atoms with Crippen molar-refractivity contribution in [1.29, 1.82) is 0 Å². The number of halogens is 3. The molecule has 8 heteroatoms. The van der Waals surface area contributed by atoms with E-state index in [2.05, 4.69) is 10.6 Å². The summed E-state index contributed by atoms with van der Waals surface area (Å²) >= 11 is 0. The Hall–Kier alpha value is -1.31. The lowest BCUT2D eigenvalue weighted by Gasteiger charge is -2.16. The number of carbonyl (C=O) groups is 2. The van der Waals surface area contributed by atoms with Gasteiger partial charge in [0, 0.05) is 25.6 Å². The minimum Gasteiger partial charge on any atom is -0.481 e. The summed E-state index contributed by atoms with van der Waals surface area (Å²) in [5, 5.41) is 13.4. The third-order valence-electron chi connectivity index (χ3n) is 2.59. The predicted molar refractivity (Wildman–Crippen MR) is 62.6 cm³/mol. The predicted octanol–water partition coefficient (Wildman–Crippen LogP) is 1.14. The molecule has 19 heavy (non-hydrogen) atoms. The van der Waals surface area contributed by atoms with Crippen LogP contribution in [0.3, 0.4) is 0 Å². The monoisotopic (exact) mass is 284 g/mol. The van der Waals surface area contributed by atoms with Gasteiger partial charge in [0.2, 0.25) is 5.91 Å². The topological polar surface area (TPSA) is 78.4 Å². The number of rotatable bonds is 8. The Labute approximate surface area is 109 Å². The first-order valence-corrected chi connectivity index (χ1v) is 5.98. The summed E-state index contributed by atoms with van der Waals surface area (Å²) in [6.45, 7) is 2.97. The largest absolute Gasteiger partial charge is 0.481 e. The van der Waals surface area contributed by atoms with Gasteiger partial charge in [0.1, 0.15) is 0 Å². The van der Waals surface area contributed by atoms with Crippen LogP contribution < -0.4 is 10.6 Å². The highest BCUT2D eigenvalue weighted by Crippen LogP contribution is 2.25. The van der Waals surface area contributed by atoms with Gasteiger partial charge < -0.3 is 15.7 Å². The molecule has 0 spiro atoms. The third kappa shape index (κ3) is 7.66. The van der Waals surface area contributed by atoms with Crippen molar-refractivity contribution in [3.8, 4) is 0 Å². The number of amides is 1. The second-order valence-corrected chi connectivity index (χ2v) is 4.26. The summed E-state index contributed by atoms with van der Waals surface area (Å²) in [4.78, 5) is 21.7. The first-order chi connectivity index (χ1) is 8.68. The number of carbonyl (C=O) groups excluding carboxylic acids is 1. The molecule has 5 nitrogen and oxygen atoms in total. The molecular formula is C11H19F3N2O3. The number of nitrogens with one attached hydrogen (secondary N) is 2. The van der Waals surface area contributed by atoms with E-state index in [-0.39, 0.29) is 24.9 Å². The minimum atomic E-state index is -4.79. The third-order valence-corrected chi connectivity index (χ3v) is 2.59. The van der Waals surface area contributed by atoms with Crippen LogP contribution in [0.5, 0.6) is 0 Å². The molecule has 0 aliphatic carbocycles. The van der Waals surface area contributed by atoms with Crippen LogP contribution in [-0.2, 0) is 9.59 Å². The van der Waals surface area contributed by atoms with Crippen LogP contribution in [0.2, 0.25) is 0 Å². The summed E-state index contributed by atoms with van der Waals surface area (Å²) in [6.07, 6.45) is -4.03. The van der Waals surface area contributed by atoms with Gasteiger partial charge in [-0.15, -0.1) is 0 Å². The van der Waals surface area contributed by atoms with E-state index in [1.165, 1.54) is 0 Å². The molecule has 0 aromatic carbocycles. The zero-order chi connectivity index (χ0) is 15.1. The number of hydrogen-bond acceptors (Lipinski definition) is 3. The average Bonchev–Trinajstić information content (AvgIpc) is 2.26. The van der Waals surface area contributed by atoms with Crippen molar-refractivity contribution >= 4 is 11.9 Å². The molecule has 2 unspecified atom stereocenters. The summed E-state index contributed by atoms with van der Waals surface area (Å²) in [7, 11) is 0. The molecule has 0 aromatic heterocycles. The molecular weight excluding hydrogens is 265 g/mol. The Morgan fingerprint density at radius 2 is 1.89 bits per heavy atom. The maximum atomic E-state index is 12.3. The highest BCUT2D eigenvalue weighted by atomic mass is 19.4. The second kappa shape index (κ2) is 7.98. The van der Waals surface area contributed by atoms with Gasteiger partial charge in [0.05, 0.1) is 0 Å². The van der Waals surface area contributed by atoms with E-state index in [0.29, 0.717) is 0 Å². The van der Waals surface area contributed by atoms with E-state index < -0.39 is 24.6 Å². The van der Waals surface area contributed by atoms with E-state index in [4.69, 9.17) is 5.11 Å². The van der Waals surface area contributed by atoms with Gasteiger partial charge in [-0.05, 0) is 13.3 Å². The van der Waals surface area contributed by atoms with Gasteiger partial charge in [-0.25, -0.2) is 0 Å². The van der Waals surface area contributed by atoms with Crippen LogP contribution >= 0.6 is 0 Å². The fraction of sp³-hybridized carbons (Fsp3) is 0.818. The molecule has 0 rings (SSSR count). The molecule has 0 radical (unpaired) electrons. The summed E-state index contributed by atoms with van der Waals surface area (Å²) in [5.74, 6) is -4.66. The molecule has 112 valence electrons. The van der Waals surface area contributed by atoms with E-state index in [1.807, 2.05) is 13.8 Å². The van der Waals surface area contributed by atoms with E-state index in [9.17, 15) is 22.8 Å². The Bertz CT molecular complexity index is 308. The number of carboxylic acids is 1. The van der Waals surface area contributed by atoms with Crippen molar-refractivity contribution in [2.45, 2.75) is 38.9 Å². The molecule has 1 amide bonds. The Balaban J connectivity index is 3.96. The van der Waals surface area contributed by atoms with Gasteiger partial charge >= 0.3 is 12.1 Å². The summed E-state index contributed by atoms with van der Waals surface area (Å²) < 4.78 is 36.8. The molecule has 3 N–H and O–H groups in total. The Morgan fingerprint density at radius 1 is 1.32 bits per heavy atom. The number of hydrogen-bond donors (Lipinski definition) is 3. The number of aliphatic carboxylic acids is 1. The molecule has 0 aliphatic rings. The van der Waals surface area contributed by atoms with Crippen molar-refractivity contribution in [2.24, 2.45) is 5.92 Å². The van der Waals surface area contributed by atoms with Crippen molar-refractivity contribution in [1.82, 2.24) is 10.6 Å². The van der Waals surface area contributed by atoms with Crippen molar-refractivity contribution in [2.75, 3.05) is 13.1 Å². The van der Waals surface area contributed by atoms with E-state index >= 15 is 0 Å². The van der Waals surface area contributed by atoms with Gasteiger partial charge in [-0.1, -0.05) is 6.92 Å². The fourth-order valence-corrected chi connectivity index (χ4v) is 1.24. The van der Waals surface area contributed by atoms with Crippen LogP contribution in [0.25, 0.3) is 0 Å². The Kier molecular flexibility index (Phi) is 7.43. The number of carboxylic acid groups (broad SMARTS) is 1. The van der Waals surface area contributed by atoms with Gasteiger partial charge in [-0.2, -0.15) is 13.2 Å².